The van der Waals surface area contributed by atoms with Crippen molar-refractivity contribution in [3.05, 3.63) is 131 Å². The minimum atomic E-state index is -0.608. The van der Waals surface area contributed by atoms with E-state index >= 15 is 0 Å². The zero-order chi connectivity index (χ0) is 30.1. The van der Waals surface area contributed by atoms with Gasteiger partial charge in [-0.25, -0.2) is 19.4 Å². The van der Waals surface area contributed by atoms with Crippen LogP contribution in [-0.2, 0) is 108 Å². The minimum absolute atomic E-state index is 0. The van der Waals surface area contributed by atoms with Gasteiger partial charge in [0.1, 0.15) is 30.7 Å². The first-order valence-corrected chi connectivity index (χ1v) is 14.0. The van der Waals surface area contributed by atoms with E-state index in [0.29, 0.717) is 29.2 Å². The van der Waals surface area contributed by atoms with Crippen LogP contribution in [0, 0.1) is 12.1 Å². The number of rotatable bonds is 12. The molecule has 2 fully saturated rings. The van der Waals surface area contributed by atoms with Gasteiger partial charge < -0.3 is 23.8 Å². The second kappa shape index (κ2) is 18.2. The Labute approximate surface area is 316 Å². The summed E-state index contributed by atoms with van der Waals surface area (Å²) in [4.78, 5) is 46.7. The van der Waals surface area contributed by atoms with Crippen molar-refractivity contribution in [1.29, 1.82) is 0 Å². The predicted octanol–water partition coefficient (Wildman–Crippen LogP) is 4.85. The largest absolute Gasteiger partial charge is 0.453 e. The third kappa shape index (κ3) is 9.82. The average molecular weight is 774 g/mol. The Kier molecular flexibility index (Phi) is 14.5. The summed E-state index contributed by atoms with van der Waals surface area (Å²) in [6.45, 7) is 0.911. The van der Waals surface area contributed by atoms with Crippen molar-refractivity contribution in [2.24, 2.45) is 0 Å². The fourth-order valence-electron chi connectivity index (χ4n) is 4.68. The monoisotopic (exact) mass is 774 g/mol. The van der Waals surface area contributed by atoms with E-state index in [-0.39, 0.29) is 85.2 Å². The average Bonchev–Trinajstić information content (AvgIpc) is 3.66. The minimum Gasteiger partial charge on any atom is -0.453 e. The molecule has 2 aliphatic rings. The molecule has 46 heavy (non-hydrogen) atoms. The fraction of sp³-hybridized carbons (Fsp3) is 0.235. The molecule has 0 aliphatic carbocycles. The zero-order valence-electron chi connectivity index (χ0n) is 24.6. The van der Waals surface area contributed by atoms with Crippen LogP contribution in [0.1, 0.15) is 31.8 Å². The second-order valence-electron chi connectivity index (χ2n) is 10.0. The third-order valence-corrected chi connectivity index (χ3v) is 6.98. The van der Waals surface area contributed by atoms with Crippen LogP contribution in [-0.4, -0.2) is 49.6 Å². The van der Waals surface area contributed by atoms with Crippen LogP contribution in [0.25, 0.3) is 0 Å². The number of hydrogen-bond acceptors (Lipinski definition) is 10. The van der Waals surface area contributed by atoms with Crippen LogP contribution in [0.5, 0.6) is 11.5 Å². The maximum atomic E-state index is 12.8. The molecule has 232 valence electrons. The number of carbonyl (C=O) groups excluding carboxylic acids is 2. The molecule has 12 heteroatoms. The summed E-state index contributed by atoms with van der Waals surface area (Å²) in [5.41, 5.74) is 2.55. The standard InChI is InChI=1S/C34H28O10.2Y/c35-33(25-9-5-2-6-10-25)41-27-17-13-26(14-18-27)34(36)42-29-21-37-32-30(22-38-31(29)32)44-40-20-24-11-15-28(16-12-24)43-39-19-23-7-3-1-4-8-23;;/h3-18,29-32H,19-22H2;;/q-2;;/t29?,30-,31+,32+;;/m0../s1. The molecule has 0 N–H and O–H groups in total. The summed E-state index contributed by atoms with van der Waals surface area (Å²) in [5, 5.41) is 0. The molecule has 6 rings (SSSR count). The van der Waals surface area contributed by atoms with Gasteiger partial charge >= 0.3 is 11.9 Å². The Morgan fingerprint density at radius 2 is 1.17 bits per heavy atom. The molecule has 2 saturated heterocycles. The first-order chi connectivity index (χ1) is 21.6. The van der Waals surface area contributed by atoms with Crippen molar-refractivity contribution in [3.8, 4) is 11.5 Å². The van der Waals surface area contributed by atoms with Crippen LogP contribution in [0.3, 0.4) is 0 Å². The van der Waals surface area contributed by atoms with E-state index < -0.39 is 36.4 Å². The van der Waals surface area contributed by atoms with E-state index in [0.717, 1.165) is 11.1 Å². The van der Waals surface area contributed by atoms with Crippen LogP contribution in [0.15, 0.2) is 97.1 Å². The molecule has 0 spiro atoms. The van der Waals surface area contributed by atoms with Gasteiger partial charge in [0.15, 0.2) is 11.9 Å². The predicted molar refractivity (Wildman–Crippen MR) is 152 cm³/mol. The summed E-state index contributed by atoms with van der Waals surface area (Å²) in [7, 11) is 0. The Hall–Kier alpha value is -2.37. The zero-order valence-corrected chi connectivity index (χ0v) is 30.3. The van der Waals surface area contributed by atoms with Gasteiger partial charge in [0, 0.05) is 65.4 Å². The first kappa shape index (κ1) is 36.5. The van der Waals surface area contributed by atoms with Gasteiger partial charge in [0.05, 0.1) is 25.4 Å². The molecule has 4 aromatic rings. The van der Waals surface area contributed by atoms with Crippen molar-refractivity contribution in [1.82, 2.24) is 0 Å². The third-order valence-electron chi connectivity index (χ3n) is 6.98. The van der Waals surface area contributed by atoms with Crippen molar-refractivity contribution < 1.29 is 114 Å². The number of ether oxygens (including phenoxy) is 4. The first-order valence-electron chi connectivity index (χ1n) is 14.0. The molecule has 0 aromatic heterocycles. The molecule has 0 bridgehead atoms. The van der Waals surface area contributed by atoms with Gasteiger partial charge in [-0.3, -0.25) is 0 Å². The quantitative estimate of drug-likeness (QED) is 0.0652. The molecular weight excluding hydrogens is 746 g/mol. The van der Waals surface area contributed by atoms with Crippen molar-refractivity contribution in [3.63, 3.8) is 0 Å². The SMILES string of the molecule is O=C(Oc1ccc(C(=O)OC2CO[C@@H]3[C@@H](OOCc4ccc(OOCc5cc[c-]cc5)cc4)CO[C@H]23)cc1)c1cc[c-]cc1.[Y].[Y]. The van der Waals surface area contributed by atoms with Crippen molar-refractivity contribution in [2.45, 2.75) is 37.6 Å². The number of benzene rings is 4. The van der Waals surface area contributed by atoms with Gasteiger partial charge in [-0.05, 0) is 47.5 Å². The summed E-state index contributed by atoms with van der Waals surface area (Å²) in [6.07, 6.45) is -2.02. The van der Waals surface area contributed by atoms with Gasteiger partial charge in [0.25, 0.3) is 0 Å². The summed E-state index contributed by atoms with van der Waals surface area (Å²) in [6, 6.07) is 33.1. The van der Waals surface area contributed by atoms with E-state index in [1.165, 1.54) is 24.3 Å². The van der Waals surface area contributed by atoms with Gasteiger partial charge in [-0.15, -0.1) is 5.56 Å². The molecule has 1 unspecified atom stereocenters. The fourth-order valence-corrected chi connectivity index (χ4v) is 4.68. The Balaban J connectivity index is 0.00000240. The van der Waals surface area contributed by atoms with Crippen LogP contribution in [0.2, 0.25) is 0 Å². The van der Waals surface area contributed by atoms with E-state index in [4.69, 9.17) is 38.5 Å². The number of carbonyl (C=O) groups is 2. The Morgan fingerprint density at radius 1 is 0.630 bits per heavy atom. The Morgan fingerprint density at radius 3 is 1.87 bits per heavy atom. The van der Waals surface area contributed by atoms with Crippen molar-refractivity contribution >= 4 is 11.9 Å². The number of hydrogen-bond donors (Lipinski definition) is 0. The van der Waals surface area contributed by atoms with E-state index in [1.54, 1.807) is 36.4 Å². The molecular formula is C34H28O10Y2-2. The maximum Gasteiger partial charge on any atom is 0.338 e. The van der Waals surface area contributed by atoms with Gasteiger partial charge in [-0.2, -0.15) is 65.6 Å². The summed E-state index contributed by atoms with van der Waals surface area (Å²) < 4.78 is 22.7. The summed E-state index contributed by atoms with van der Waals surface area (Å²) >= 11 is 0. The summed E-state index contributed by atoms with van der Waals surface area (Å²) in [5.74, 6) is -0.185. The van der Waals surface area contributed by atoms with E-state index in [9.17, 15) is 9.59 Å². The topological polar surface area (TPSA) is 108 Å². The maximum absolute atomic E-state index is 12.8. The van der Waals surface area contributed by atoms with Gasteiger partial charge in [0.2, 0.25) is 0 Å². The molecule has 2 aliphatic heterocycles. The number of esters is 2. The molecule has 4 atom stereocenters. The molecule has 10 nitrogen and oxygen atoms in total. The molecule has 0 amide bonds. The van der Waals surface area contributed by atoms with E-state index in [1.807, 2.05) is 36.4 Å². The Bertz CT molecular complexity index is 1520. The van der Waals surface area contributed by atoms with Crippen LogP contribution in [0.4, 0.5) is 0 Å². The smallest absolute Gasteiger partial charge is 0.338 e. The normalized spacial score (nSPS) is 19.7. The number of fused-ring (bicyclic) bond motifs is 1. The van der Waals surface area contributed by atoms with Crippen LogP contribution >= 0.6 is 0 Å². The molecule has 2 radical (unpaired) electrons. The van der Waals surface area contributed by atoms with Crippen LogP contribution < -0.4 is 9.62 Å². The second-order valence-corrected chi connectivity index (χ2v) is 10.0. The molecule has 4 aromatic carbocycles. The van der Waals surface area contributed by atoms with Gasteiger partial charge in [-0.1, -0.05) is 12.1 Å². The molecule has 0 saturated carbocycles. The van der Waals surface area contributed by atoms with E-state index in [2.05, 4.69) is 12.1 Å². The molecule has 2 heterocycles. The van der Waals surface area contributed by atoms with Crippen molar-refractivity contribution in [2.75, 3.05) is 13.2 Å².